The highest BCUT2D eigenvalue weighted by atomic mass is 79.9. The van der Waals surface area contributed by atoms with E-state index in [2.05, 4.69) is 43.3 Å². The Morgan fingerprint density at radius 3 is 2.57 bits per heavy atom. The van der Waals surface area contributed by atoms with Crippen LogP contribution in [0.25, 0.3) is 0 Å². The van der Waals surface area contributed by atoms with Gasteiger partial charge in [-0.3, -0.25) is 0 Å². The smallest absolute Gasteiger partial charge is 0.204 e. The SMILES string of the molecule is CCNc1ncnc(N(C)Cc2ccc(Br)cc2)c1OC. The highest BCUT2D eigenvalue weighted by Crippen LogP contribution is 2.31. The van der Waals surface area contributed by atoms with Crippen molar-refractivity contribution in [2.24, 2.45) is 0 Å². The Morgan fingerprint density at radius 2 is 1.95 bits per heavy atom. The van der Waals surface area contributed by atoms with Crippen LogP contribution in [0.1, 0.15) is 12.5 Å². The van der Waals surface area contributed by atoms with E-state index in [0.717, 1.165) is 23.4 Å². The molecule has 21 heavy (non-hydrogen) atoms. The lowest BCUT2D eigenvalue weighted by Crippen LogP contribution is -2.19. The quantitative estimate of drug-likeness (QED) is 0.865. The van der Waals surface area contributed by atoms with Gasteiger partial charge < -0.3 is 15.0 Å². The van der Waals surface area contributed by atoms with Crippen LogP contribution in [-0.4, -0.2) is 30.7 Å². The van der Waals surface area contributed by atoms with E-state index >= 15 is 0 Å². The number of nitrogens with zero attached hydrogens (tertiary/aromatic N) is 3. The second-order valence-corrected chi connectivity index (χ2v) is 5.51. The Kier molecular flexibility index (Phi) is 5.38. The summed E-state index contributed by atoms with van der Waals surface area (Å²) >= 11 is 3.44. The first-order valence-corrected chi connectivity index (χ1v) is 7.53. The third-order valence-electron chi connectivity index (χ3n) is 3.03. The first-order valence-electron chi connectivity index (χ1n) is 6.74. The van der Waals surface area contributed by atoms with Crippen molar-refractivity contribution in [3.8, 4) is 5.75 Å². The zero-order chi connectivity index (χ0) is 15.2. The topological polar surface area (TPSA) is 50.3 Å². The van der Waals surface area contributed by atoms with E-state index < -0.39 is 0 Å². The average Bonchev–Trinajstić information content (AvgIpc) is 2.49. The second kappa shape index (κ2) is 7.26. The van der Waals surface area contributed by atoms with Gasteiger partial charge in [-0.25, -0.2) is 9.97 Å². The maximum Gasteiger partial charge on any atom is 0.204 e. The summed E-state index contributed by atoms with van der Waals surface area (Å²) in [5.74, 6) is 2.15. The van der Waals surface area contributed by atoms with Crippen molar-refractivity contribution in [3.63, 3.8) is 0 Å². The van der Waals surface area contributed by atoms with Crippen molar-refractivity contribution >= 4 is 27.6 Å². The van der Waals surface area contributed by atoms with E-state index in [0.29, 0.717) is 11.6 Å². The van der Waals surface area contributed by atoms with E-state index in [-0.39, 0.29) is 0 Å². The minimum Gasteiger partial charge on any atom is -0.490 e. The Hall–Kier alpha value is -1.82. The van der Waals surface area contributed by atoms with Gasteiger partial charge in [0.1, 0.15) is 6.33 Å². The fourth-order valence-corrected chi connectivity index (χ4v) is 2.32. The molecule has 0 unspecified atom stereocenters. The molecule has 0 aliphatic carbocycles. The Labute approximate surface area is 133 Å². The molecule has 1 aromatic heterocycles. The van der Waals surface area contributed by atoms with Gasteiger partial charge in [-0.2, -0.15) is 0 Å². The summed E-state index contributed by atoms with van der Waals surface area (Å²) in [5.41, 5.74) is 1.20. The molecule has 0 spiro atoms. The molecule has 0 aliphatic rings. The lowest BCUT2D eigenvalue weighted by atomic mass is 10.2. The lowest BCUT2D eigenvalue weighted by molar-refractivity contribution is 0.412. The Morgan fingerprint density at radius 1 is 1.24 bits per heavy atom. The fraction of sp³-hybridized carbons (Fsp3) is 0.333. The van der Waals surface area contributed by atoms with Crippen molar-refractivity contribution in [2.75, 3.05) is 30.9 Å². The zero-order valence-corrected chi connectivity index (χ0v) is 14.0. The number of anilines is 2. The fourth-order valence-electron chi connectivity index (χ4n) is 2.06. The molecule has 0 radical (unpaired) electrons. The number of hydrogen-bond acceptors (Lipinski definition) is 5. The Balaban J connectivity index is 2.23. The van der Waals surface area contributed by atoms with Crippen LogP contribution in [0, 0.1) is 0 Å². The summed E-state index contributed by atoms with van der Waals surface area (Å²) in [6, 6.07) is 8.23. The third-order valence-corrected chi connectivity index (χ3v) is 3.56. The monoisotopic (exact) mass is 350 g/mol. The van der Waals surface area contributed by atoms with Gasteiger partial charge in [0.05, 0.1) is 7.11 Å². The number of rotatable bonds is 6. The van der Waals surface area contributed by atoms with Gasteiger partial charge in [-0.15, -0.1) is 0 Å². The highest BCUT2D eigenvalue weighted by molar-refractivity contribution is 9.10. The molecule has 2 rings (SSSR count). The van der Waals surface area contributed by atoms with E-state index in [1.165, 1.54) is 5.56 Å². The third kappa shape index (κ3) is 3.85. The van der Waals surface area contributed by atoms with Gasteiger partial charge in [-0.05, 0) is 24.6 Å². The maximum absolute atomic E-state index is 5.47. The average molecular weight is 351 g/mol. The second-order valence-electron chi connectivity index (χ2n) is 4.59. The minimum atomic E-state index is 0.666. The summed E-state index contributed by atoms with van der Waals surface area (Å²) in [4.78, 5) is 10.6. The van der Waals surface area contributed by atoms with Crippen LogP contribution in [0.15, 0.2) is 35.1 Å². The number of benzene rings is 1. The molecule has 5 nitrogen and oxygen atoms in total. The molecule has 112 valence electrons. The normalized spacial score (nSPS) is 10.3. The number of methoxy groups -OCH3 is 1. The molecule has 0 saturated carbocycles. The van der Waals surface area contributed by atoms with Crippen LogP contribution in [0.3, 0.4) is 0 Å². The molecule has 1 aromatic carbocycles. The van der Waals surface area contributed by atoms with Gasteiger partial charge in [0, 0.05) is 24.6 Å². The van der Waals surface area contributed by atoms with Crippen LogP contribution in [0.5, 0.6) is 5.75 Å². The van der Waals surface area contributed by atoms with Crippen LogP contribution in [0.4, 0.5) is 11.6 Å². The predicted octanol–water partition coefficient (Wildman–Crippen LogP) is 3.32. The van der Waals surface area contributed by atoms with E-state index in [1.54, 1.807) is 13.4 Å². The molecule has 0 fully saturated rings. The molecule has 1 N–H and O–H groups in total. The van der Waals surface area contributed by atoms with Crippen molar-refractivity contribution < 1.29 is 4.74 Å². The Bertz CT molecular complexity index is 589. The van der Waals surface area contributed by atoms with Gasteiger partial charge in [0.15, 0.2) is 11.6 Å². The van der Waals surface area contributed by atoms with Crippen molar-refractivity contribution in [1.82, 2.24) is 9.97 Å². The van der Waals surface area contributed by atoms with Gasteiger partial charge in [-0.1, -0.05) is 28.1 Å². The summed E-state index contributed by atoms with van der Waals surface area (Å²) < 4.78 is 6.54. The molecule has 0 saturated heterocycles. The van der Waals surface area contributed by atoms with E-state index in [1.807, 2.05) is 31.0 Å². The van der Waals surface area contributed by atoms with Crippen molar-refractivity contribution in [2.45, 2.75) is 13.5 Å². The molecule has 0 atom stereocenters. The standard InChI is InChI=1S/C15H19BrN4O/c1-4-17-14-13(21-3)15(19-10-18-14)20(2)9-11-5-7-12(16)8-6-11/h5-8,10H,4,9H2,1-3H3,(H,17,18,19). The number of ether oxygens (including phenoxy) is 1. The molecule has 1 heterocycles. The van der Waals surface area contributed by atoms with Gasteiger partial charge in [0.25, 0.3) is 0 Å². The van der Waals surface area contributed by atoms with E-state index in [4.69, 9.17) is 4.74 Å². The summed E-state index contributed by atoms with van der Waals surface area (Å²) in [7, 11) is 3.62. The number of nitrogens with one attached hydrogen (secondary N) is 1. The molecule has 0 bridgehead atoms. The van der Waals surface area contributed by atoms with E-state index in [9.17, 15) is 0 Å². The summed E-state index contributed by atoms with van der Waals surface area (Å²) in [6.45, 7) is 3.54. The maximum atomic E-state index is 5.47. The first-order chi connectivity index (χ1) is 10.2. The van der Waals surface area contributed by atoms with Gasteiger partial charge in [0.2, 0.25) is 5.75 Å². The number of aromatic nitrogens is 2. The van der Waals surface area contributed by atoms with Crippen LogP contribution in [-0.2, 0) is 6.54 Å². The molecule has 2 aromatic rings. The van der Waals surface area contributed by atoms with Crippen molar-refractivity contribution in [1.29, 1.82) is 0 Å². The van der Waals surface area contributed by atoms with Crippen LogP contribution < -0.4 is 15.0 Å². The molecule has 6 heteroatoms. The zero-order valence-electron chi connectivity index (χ0n) is 12.4. The summed E-state index contributed by atoms with van der Waals surface area (Å²) in [6.07, 6.45) is 1.55. The van der Waals surface area contributed by atoms with Crippen LogP contribution in [0.2, 0.25) is 0 Å². The van der Waals surface area contributed by atoms with Crippen molar-refractivity contribution in [3.05, 3.63) is 40.6 Å². The van der Waals surface area contributed by atoms with Crippen LogP contribution >= 0.6 is 15.9 Å². The first kappa shape index (κ1) is 15.6. The largest absolute Gasteiger partial charge is 0.490 e. The van der Waals surface area contributed by atoms with Gasteiger partial charge >= 0.3 is 0 Å². The molecular weight excluding hydrogens is 332 g/mol. The number of halogens is 1. The lowest BCUT2D eigenvalue weighted by Gasteiger charge is -2.21. The number of hydrogen-bond donors (Lipinski definition) is 1. The minimum absolute atomic E-state index is 0.666. The highest BCUT2D eigenvalue weighted by Gasteiger charge is 2.15. The summed E-state index contributed by atoms with van der Waals surface area (Å²) in [5, 5.41) is 3.18. The molecule has 0 aliphatic heterocycles. The molecular formula is C15H19BrN4O. The molecule has 0 amide bonds. The predicted molar refractivity (Wildman–Crippen MR) is 89.0 cm³/mol.